The number of benzene rings is 2. The van der Waals surface area contributed by atoms with E-state index in [1.165, 1.54) is 18.2 Å². The Morgan fingerprint density at radius 2 is 1.92 bits per heavy atom. The fraction of sp³-hybridized carbons (Fsp3) is 0.360. The highest BCUT2D eigenvalue weighted by molar-refractivity contribution is 7.85. The number of imidazole rings is 1. The number of fused-ring (bicyclic) bond motifs is 1. The van der Waals surface area contributed by atoms with Gasteiger partial charge in [0.25, 0.3) is 16.0 Å². The molecule has 0 spiro atoms. The molecule has 3 aromatic rings. The monoisotopic (exact) mass is 514 g/mol. The average Bonchev–Trinajstić information content (AvgIpc) is 3.15. The number of phenolic OH excluding ortho intramolecular Hbond substituents is 1. The van der Waals surface area contributed by atoms with Gasteiger partial charge in [0.05, 0.1) is 23.7 Å². The van der Waals surface area contributed by atoms with Gasteiger partial charge in [0.1, 0.15) is 23.5 Å². The molecule has 11 heteroatoms. The summed E-state index contributed by atoms with van der Waals surface area (Å²) in [7, 11) is -4.51. The molecule has 2 aromatic carbocycles. The Bertz CT molecular complexity index is 1390. The highest BCUT2D eigenvalue weighted by Gasteiger charge is 2.37. The first-order valence-electron chi connectivity index (χ1n) is 11.8. The van der Waals surface area contributed by atoms with E-state index in [0.29, 0.717) is 41.6 Å². The molecule has 1 aliphatic rings. The van der Waals surface area contributed by atoms with Crippen LogP contribution in [0.5, 0.6) is 11.5 Å². The number of nitrogens with one attached hydrogen (secondary N) is 1. The van der Waals surface area contributed by atoms with Crippen molar-refractivity contribution in [1.82, 2.24) is 15.0 Å². The van der Waals surface area contributed by atoms with Gasteiger partial charge in [-0.05, 0) is 55.7 Å². The number of rotatable bonds is 9. The first-order valence-corrected chi connectivity index (χ1v) is 13.3. The van der Waals surface area contributed by atoms with E-state index in [-0.39, 0.29) is 23.1 Å². The predicted octanol–water partition coefficient (Wildman–Crippen LogP) is 3.47. The van der Waals surface area contributed by atoms with Gasteiger partial charge in [0.2, 0.25) is 0 Å². The number of carbonyl (C=O) groups is 1. The van der Waals surface area contributed by atoms with Gasteiger partial charge in [-0.1, -0.05) is 26.0 Å². The summed E-state index contributed by atoms with van der Waals surface area (Å²) in [4.78, 5) is 17.7. The second-order valence-corrected chi connectivity index (χ2v) is 10.1. The highest BCUT2D eigenvalue weighted by atomic mass is 32.2. The normalized spacial score (nSPS) is 15.5. The summed E-state index contributed by atoms with van der Waals surface area (Å²) in [5.74, 6) is 0.805. The molecular weight excluding hydrogens is 484 g/mol. The molecule has 10 nitrogen and oxygen atoms in total. The van der Waals surface area contributed by atoms with E-state index < -0.39 is 16.3 Å². The molecule has 1 amide bonds. The molecule has 2 heterocycles. The van der Waals surface area contributed by atoms with Gasteiger partial charge >= 0.3 is 0 Å². The Morgan fingerprint density at radius 3 is 2.58 bits per heavy atom. The van der Waals surface area contributed by atoms with E-state index in [2.05, 4.69) is 10.3 Å². The van der Waals surface area contributed by atoms with E-state index in [9.17, 15) is 22.9 Å². The number of nitrogens with zero attached hydrogens (tertiary/aromatic N) is 3. The number of hydrogen-bond acceptors (Lipinski definition) is 7. The van der Waals surface area contributed by atoms with E-state index >= 15 is 0 Å². The second-order valence-electron chi connectivity index (χ2n) is 8.69. The third-order valence-electron chi connectivity index (χ3n) is 5.90. The third kappa shape index (κ3) is 5.02. The number of aromatic hydroxyl groups is 1. The Labute approximate surface area is 210 Å². The standard InChI is InChI=1S/C25H30N4O6S/c1-4-7-22-26-16(3)23-25(31)27-24(28(29(22)23)15-17-8-6-9-18(30)13-17)20-14-19(36(32,33)34)10-11-21(20)35-12-5-2/h6,8-11,13-14,24,30H,4-5,7,12,15H2,1-3H3,(H,27,31)(H,32,33,34). The van der Waals surface area contributed by atoms with Crippen molar-refractivity contribution in [2.45, 2.75) is 57.6 Å². The van der Waals surface area contributed by atoms with E-state index in [4.69, 9.17) is 4.74 Å². The van der Waals surface area contributed by atoms with Crippen molar-refractivity contribution < 1.29 is 27.6 Å². The molecule has 192 valence electrons. The van der Waals surface area contributed by atoms with Crippen LogP contribution in [-0.4, -0.2) is 40.3 Å². The quantitative estimate of drug-likeness (QED) is 0.370. The van der Waals surface area contributed by atoms with E-state index in [1.807, 2.05) is 24.9 Å². The molecule has 4 rings (SSSR count). The summed E-state index contributed by atoms with van der Waals surface area (Å²) in [5.41, 5.74) is 2.09. The molecule has 0 saturated heterocycles. The number of hydrogen-bond donors (Lipinski definition) is 3. The smallest absolute Gasteiger partial charge is 0.294 e. The van der Waals surface area contributed by atoms with Crippen molar-refractivity contribution in [2.24, 2.45) is 0 Å². The van der Waals surface area contributed by atoms with Gasteiger partial charge in [0.15, 0.2) is 5.69 Å². The van der Waals surface area contributed by atoms with Gasteiger partial charge in [-0.25, -0.2) is 9.66 Å². The van der Waals surface area contributed by atoms with Gasteiger partial charge in [-0.15, -0.1) is 0 Å². The number of phenols is 1. The Morgan fingerprint density at radius 1 is 1.14 bits per heavy atom. The van der Waals surface area contributed by atoms with Crippen molar-refractivity contribution in [1.29, 1.82) is 0 Å². The maximum Gasteiger partial charge on any atom is 0.294 e. The molecule has 0 saturated carbocycles. The molecule has 0 aliphatic carbocycles. The molecule has 0 bridgehead atoms. The first kappa shape index (κ1) is 25.5. The second kappa shape index (κ2) is 10.2. The SMILES string of the molecule is CCCOc1ccc(S(=O)(=O)O)cc1C1NC(=O)c2c(C)nc(CCC)n2N1Cc1cccc(O)c1. The van der Waals surface area contributed by atoms with E-state index in [1.54, 1.807) is 29.8 Å². The van der Waals surface area contributed by atoms with Crippen molar-refractivity contribution in [3.63, 3.8) is 0 Å². The first-order chi connectivity index (χ1) is 17.1. The number of carbonyl (C=O) groups excluding carboxylic acids is 1. The lowest BCUT2D eigenvalue weighted by Crippen LogP contribution is -2.53. The molecule has 3 N–H and O–H groups in total. The minimum Gasteiger partial charge on any atom is -0.508 e. The molecule has 0 fully saturated rings. The van der Waals surface area contributed by atoms with Crippen LogP contribution in [0.3, 0.4) is 0 Å². The van der Waals surface area contributed by atoms with Crippen LogP contribution in [0.15, 0.2) is 47.4 Å². The molecule has 1 aliphatic heterocycles. The van der Waals surface area contributed by atoms with E-state index in [0.717, 1.165) is 18.4 Å². The Hall–Kier alpha value is -3.57. The topological polar surface area (TPSA) is 134 Å². The lowest BCUT2D eigenvalue weighted by Gasteiger charge is -2.40. The summed E-state index contributed by atoms with van der Waals surface area (Å²) in [6.07, 6.45) is 1.27. The summed E-state index contributed by atoms with van der Waals surface area (Å²) in [6.45, 7) is 6.36. The lowest BCUT2D eigenvalue weighted by atomic mass is 10.1. The predicted molar refractivity (Wildman–Crippen MR) is 133 cm³/mol. The average molecular weight is 515 g/mol. The zero-order chi connectivity index (χ0) is 26.0. The Kier molecular flexibility index (Phi) is 7.23. The molecule has 1 unspecified atom stereocenters. The molecule has 0 radical (unpaired) electrons. The third-order valence-corrected chi connectivity index (χ3v) is 6.75. The summed E-state index contributed by atoms with van der Waals surface area (Å²) in [5, 5.41) is 14.9. The summed E-state index contributed by atoms with van der Waals surface area (Å²) in [6, 6.07) is 10.8. The number of amides is 1. The zero-order valence-corrected chi connectivity index (χ0v) is 21.2. The van der Waals surface area contributed by atoms with Crippen LogP contribution in [0.4, 0.5) is 0 Å². The van der Waals surface area contributed by atoms with Gasteiger partial charge < -0.3 is 15.2 Å². The van der Waals surface area contributed by atoms with Gasteiger partial charge in [-0.3, -0.25) is 14.4 Å². The van der Waals surface area contributed by atoms with Crippen LogP contribution in [0, 0.1) is 6.92 Å². The highest BCUT2D eigenvalue weighted by Crippen LogP contribution is 2.35. The summed E-state index contributed by atoms with van der Waals surface area (Å²) < 4.78 is 41.4. The molecule has 1 aromatic heterocycles. The lowest BCUT2D eigenvalue weighted by molar-refractivity contribution is 0.0889. The maximum absolute atomic E-state index is 13.3. The van der Waals surface area contributed by atoms with Crippen LogP contribution in [-0.2, 0) is 23.1 Å². The minimum atomic E-state index is -4.51. The van der Waals surface area contributed by atoms with Crippen LogP contribution < -0.4 is 15.1 Å². The fourth-order valence-corrected chi connectivity index (χ4v) is 4.88. The van der Waals surface area contributed by atoms with Crippen LogP contribution in [0.1, 0.15) is 66.0 Å². The van der Waals surface area contributed by atoms with Crippen LogP contribution in [0.2, 0.25) is 0 Å². The number of ether oxygens (including phenoxy) is 1. The van der Waals surface area contributed by atoms with Gasteiger partial charge in [-0.2, -0.15) is 8.42 Å². The molecular formula is C25H30N4O6S. The van der Waals surface area contributed by atoms with Gasteiger partial charge in [0, 0.05) is 12.0 Å². The summed E-state index contributed by atoms with van der Waals surface area (Å²) >= 11 is 0. The van der Waals surface area contributed by atoms with Crippen molar-refractivity contribution in [2.75, 3.05) is 11.6 Å². The largest absolute Gasteiger partial charge is 0.508 e. The number of aryl methyl sites for hydroxylation is 2. The molecule has 1 atom stereocenters. The minimum absolute atomic E-state index is 0.0984. The van der Waals surface area contributed by atoms with Crippen LogP contribution in [0.25, 0.3) is 0 Å². The fourth-order valence-electron chi connectivity index (χ4n) is 4.37. The molecule has 36 heavy (non-hydrogen) atoms. The number of aromatic nitrogens is 2. The Balaban J connectivity index is 1.93. The maximum atomic E-state index is 13.3. The van der Waals surface area contributed by atoms with Crippen molar-refractivity contribution in [3.8, 4) is 11.5 Å². The van der Waals surface area contributed by atoms with Crippen molar-refractivity contribution >= 4 is 16.0 Å². The van der Waals surface area contributed by atoms with Crippen molar-refractivity contribution in [3.05, 3.63) is 70.8 Å². The van der Waals surface area contributed by atoms with Crippen LogP contribution >= 0.6 is 0 Å². The zero-order valence-electron chi connectivity index (χ0n) is 20.4.